The Labute approximate surface area is 114 Å². The van der Waals surface area contributed by atoms with Gasteiger partial charge in [0.05, 0.1) is 11.2 Å². The van der Waals surface area contributed by atoms with E-state index in [1.807, 2.05) is 58.0 Å². The quantitative estimate of drug-likeness (QED) is 0.850. The molecule has 1 aliphatic rings. The fraction of sp³-hybridized carbons (Fsp3) is 0.533. The monoisotopic (exact) mass is 261 g/mol. The number of hydrogen-bond donors (Lipinski definition) is 1. The Balaban J connectivity index is 2.14. The van der Waals surface area contributed by atoms with Crippen LogP contribution in [0.5, 0.6) is 0 Å². The summed E-state index contributed by atoms with van der Waals surface area (Å²) in [5.41, 5.74) is -0.527. The summed E-state index contributed by atoms with van der Waals surface area (Å²) in [6.45, 7) is 7.44. The molecular weight excluding hydrogens is 240 g/mol. The summed E-state index contributed by atoms with van der Waals surface area (Å²) in [7, 11) is 0. The van der Waals surface area contributed by atoms with E-state index in [2.05, 4.69) is 5.32 Å². The Morgan fingerprint density at radius 1 is 1.21 bits per heavy atom. The van der Waals surface area contributed by atoms with Crippen LogP contribution in [0.15, 0.2) is 30.3 Å². The van der Waals surface area contributed by atoms with Crippen LogP contribution in [-0.4, -0.2) is 28.1 Å². The second-order valence-electron chi connectivity index (χ2n) is 6.20. The number of Topliss-reactive ketones (excluding diaryl/α,β-unsaturated/α-hetero) is 1. The van der Waals surface area contributed by atoms with E-state index in [-0.39, 0.29) is 11.8 Å². The molecule has 4 heteroatoms. The zero-order chi connectivity index (χ0) is 14.3. The minimum Gasteiger partial charge on any atom is -0.294 e. The number of benzene rings is 1. The first-order valence-electron chi connectivity index (χ1n) is 6.58. The first-order chi connectivity index (χ1) is 8.75. The summed E-state index contributed by atoms with van der Waals surface area (Å²) in [4.78, 5) is 12.2. The summed E-state index contributed by atoms with van der Waals surface area (Å²) in [6, 6.07) is 9.06. The van der Waals surface area contributed by atoms with Gasteiger partial charge in [-0.15, -0.1) is 10.3 Å². The third kappa shape index (κ3) is 2.56. The Morgan fingerprint density at radius 3 is 2.26 bits per heavy atom. The lowest BCUT2D eigenvalue weighted by Crippen LogP contribution is -2.48. The highest BCUT2D eigenvalue weighted by Crippen LogP contribution is 2.34. The normalized spacial score (nSPS) is 25.4. The van der Waals surface area contributed by atoms with Crippen LogP contribution in [0.1, 0.15) is 44.5 Å². The lowest BCUT2D eigenvalue weighted by Gasteiger charge is -2.31. The number of hydroxylamine groups is 2. The molecule has 1 aliphatic heterocycles. The highest BCUT2D eigenvalue weighted by atomic mass is 16.5. The second-order valence-corrected chi connectivity index (χ2v) is 6.20. The molecule has 0 saturated carbocycles. The zero-order valence-electron chi connectivity index (χ0n) is 11.9. The van der Waals surface area contributed by atoms with E-state index in [0.717, 1.165) is 5.06 Å². The fourth-order valence-corrected chi connectivity index (χ4v) is 2.75. The average molecular weight is 261 g/mol. The molecule has 0 aliphatic carbocycles. The van der Waals surface area contributed by atoms with Crippen molar-refractivity contribution in [2.45, 2.75) is 51.4 Å². The molecule has 1 saturated heterocycles. The first-order valence-corrected chi connectivity index (χ1v) is 6.58. The maximum Gasteiger partial charge on any atom is 0.164 e. The van der Waals surface area contributed by atoms with Crippen molar-refractivity contribution in [3.8, 4) is 0 Å². The lowest BCUT2D eigenvalue weighted by atomic mass is 9.90. The van der Waals surface area contributed by atoms with Crippen LogP contribution >= 0.6 is 0 Å². The molecule has 19 heavy (non-hydrogen) atoms. The van der Waals surface area contributed by atoms with E-state index in [0.29, 0.717) is 12.0 Å². The summed E-state index contributed by atoms with van der Waals surface area (Å²) in [6.07, 6.45) is 0.333. The van der Waals surface area contributed by atoms with Gasteiger partial charge in [0.15, 0.2) is 5.78 Å². The van der Waals surface area contributed by atoms with Crippen LogP contribution in [0, 0.1) is 0 Å². The maximum atomic E-state index is 12.2. The molecule has 1 aromatic rings. The van der Waals surface area contributed by atoms with Crippen molar-refractivity contribution in [3.63, 3.8) is 0 Å². The Bertz CT molecular complexity index is 468. The van der Waals surface area contributed by atoms with E-state index in [9.17, 15) is 10.0 Å². The van der Waals surface area contributed by atoms with Gasteiger partial charge < -0.3 is 0 Å². The molecule has 1 fully saturated rings. The predicted octanol–water partition coefficient (Wildman–Crippen LogP) is 2.39. The van der Waals surface area contributed by atoms with Gasteiger partial charge in [-0.1, -0.05) is 30.3 Å². The second kappa shape index (κ2) is 4.71. The molecule has 1 aromatic carbocycles. The van der Waals surface area contributed by atoms with Gasteiger partial charge in [-0.05, 0) is 27.7 Å². The van der Waals surface area contributed by atoms with Crippen LogP contribution < -0.4 is 5.32 Å². The molecule has 0 amide bonds. The average Bonchev–Trinajstić information content (AvgIpc) is 2.51. The highest BCUT2D eigenvalue weighted by molar-refractivity contribution is 5.96. The molecule has 2 rings (SSSR count). The summed E-state index contributed by atoms with van der Waals surface area (Å²) in [5.74, 6) is 0.0669. The van der Waals surface area contributed by atoms with E-state index in [1.54, 1.807) is 0 Å². The molecule has 0 bridgehead atoms. The number of rotatable bonds is 3. The van der Waals surface area contributed by atoms with Gasteiger partial charge in [-0.25, -0.2) is 0 Å². The van der Waals surface area contributed by atoms with Gasteiger partial charge in [0.1, 0.15) is 0 Å². The van der Waals surface area contributed by atoms with Crippen molar-refractivity contribution in [3.05, 3.63) is 35.9 Å². The molecular formula is C15H21N2O2. The summed E-state index contributed by atoms with van der Waals surface area (Å²) in [5, 5.41) is 16.5. The standard InChI is InChI=1S/C15H21N2O2/c1-14(2)13(16-15(3,4)17(14)19)10-12(18)11-8-6-5-7-9-11/h5-9,13,16H,10H2,1-4H3. The number of ketones is 1. The van der Waals surface area contributed by atoms with Crippen LogP contribution in [0.2, 0.25) is 0 Å². The van der Waals surface area contributed by atoms with E-state index in [4.69, 9.17) is 0 Å². The minimum absolute atomic E-state index is 0.0669. The van der Waals surface area contributed by atoms with Gasteiger partial charge in [0.25, 0.3) is 0 Å². The number of nitrogens with zero attached hydrogens (tertiary/aromatic N) is 1. The molecule has 1 atom stereocenters. The van der Waals surface area contributed by atoms with Crippen LogP contribution in [0.25, 0.3) is 0 Å². The van der Waals surface area contributed by atoms with Gasteiger partial charge >= 0.3 is 0 Å². The predicted molar refractivity (Wildman–Crippen MR) is 73.0 cm³/mol. The number of nitrogens with one attached hydrogen (secondary N) is 1. The largest absolute Gasteiger partial charge is 0.294 e. The third-order valence-corrected chi connectivity index (χ3v) is 3.90. The molecule has 103 valence electrons. The van der Waals surface area contributed by atoms with Crippen LogP contribution in [-0.2, 0) is 5.21 Å². The minimum atomic E-state index is -0.634. The Morgan fingerprint density at radius 2 is 1.79 bits per heavy atom. The van der Waals surface area contributed by atoms with E-state index < -0.39 is 11.2 Å². The molecule has 0 spiro atoms. The molecule has 1 unspecified atom stereocenters. The fourth-order valence-electron chi connectivity index (χ4n) is 2.75. The number of carbonyl (C=O) groups excluding carboxylic acids is 1. The van der Waals surface area contributed by atoms with Gasteiger partial charge in [-0.3, -0.25) is 10.1 Å². The molecule has 1 heterocycles. The van der Waals surface area contributed by atoms with Crippen molar-refractivity contribution < 1.29 is 10.0 Å². The topological polar surface area (TPSA) is 52.2 Å². The Hall–Kier alpha value is -1.23. The highest BCUT2D eigenvalue weighted by Gasteiger charge is 2.52. The van der Waals surface area contributed by atoms with Crippen molar-refractivity contribution in [1.29, 1.82) is 0 Å². The van der Waals surface area contributed by atoms with Gasteiger partial charge in [-0.2, -0.15) is 0 Å². The Kier molecular flexibility index (Phi) is 3.51. The van der Waals surface area contributed by atoms with Crippen molar-refractivity contribution >= 4 is 5.78 Å². The third-order valence-electron chi connectivity index (χ3n) is 3.90. The van der Waals surface area contributed by atoms with Crippen LogP contribution in [0.4, 0.5) is 0 Å². The number of hydrogen-bond acceptors (Lipinski definition) is 3. The number of carbonyl (C=O) groups is 1. The molecule has 1 radical (unpaired) electrons. The molecule has 1 N–H and O–H groups in total. The lowest BCUT2D eigenvalue weighted by molar-refractivity contribution is -0.247. The van der Waals surface area contributed by atoms with Crippen molar-refractivity contribution in [2.24, 2.45) is 0 Å². The maximum absolute atomic E-state index is 12.2. The van der Waals surface area contributed by atoms with E-state index in [1.165, 1.54) is 0 Å². The SMILES string of the molecule is CC1(C)NC(CC(=O)c2ccccc2)C(C)(C)N1[O]. The van der Waals surface area contributed by atoms with Crippen molar-refractivity contribution in [1.82, 2.24) is 10.4 Å². The van der Waals surface area contributed by atoms with Gasteiger partial charge in [0, 0.05) is 18.0 Å². The van der Waals surface area contributed by atoms with Crippen LogP contribution in [0.3, 0.4) is 0 Å². The molecule has 0 aromatic heterocycles. The summed E-state index contributed by atoms with van der Waals surface area (Å²) >= 11 is 0. The molecule has 4 nitrogen and oxygen atoms in total. The summed E-state index contributed by atoms with van der Waals surface area (Å²) < 4.78 is 0. The first kappa shape index (κ1) is 14.2. The van der Waals surface area contributed by atoms with Gasteiger partial charge in [0.2, 0.25) is 0 Å². The smallest absolute Gasteiger partial charge is 0.164 e. The van der Waals surface area contributed by atoms with E-state index >= 15 is 0 Å². The zero-order valence-corrected chi connectivity index (χ0v) is 11.9. The van der Waals surface area contributed by atoms with Crippen molar-refractivity contribution in [2.75, 3.05) is 0 Å².